The van der Waals surface area contributed by atoms with Crippen LogP contribution in [0.3, 0.4) is 0 Å². The van der Waals surface area contributed by atoms with Crippen LogP contribution in [0.2, 0.25) is 0 Å². The van der Waals surface area contributed by atoms with Crippen LogP contribution in [0, 0.1) is 28.9 Å². The number of halogens is 2. The molecule has 3 rings (SSSR count). The predicted molar refractivity (Wildman–Crippen MR) is 77.3 cm³/mol. The lowest BCUT2D eigenvalue weighted by molar-refractivity contribution is 0.0338. The highest BCUT2D eigenvalue weighted by molar-refractivity contribution is 6.00. The highest BCUT2D eigenvalue weighted by Gasteiger charge is 2.39. The monoisotopic (exact) mass is 304 g/mol. The van der Waals surface area contributed by atoms with Crippen molar-refractivity contribution in [2.45, 2.75) is 44.2 Å². The molecule has 5 heteroatoms. The number of carbonyl (C=O) groups excluding carboxylic acids is 1. The molecule has 2 unspecified atom stereocenters. The molecule has 2 fully saturated rings. The number of fused-ring (bicyclic) bond motifs is 2. The molecule has 2 heterocycles. The zero-order chi connectivity index (χ0) is 15.9. The standard InChI is InChI=1S/C17H18F2N2O/c1-21-12-3-2-4-13(21)6-10(5-12)17(22)14-8-16(19)15(18)7-11(14)9-20/h7-8,10,12-13H,2-6H2,1H3. The van der Waals surface area contributed by atoms with Crippen LogP contribution < -0.4 is 0 Å². The minimum atomic E-state index is -1.09. The molecule has 22 heavy (non-hydrogen) atoms. The summed E-state index contributed by atoms with van der Waals surface area (Å²) >= 11 is 0. The van der Waals surface area contributed by atoms with Crippen molar-refractivity contribution in [3.63, 3.8) is 0 Å². The van der Waals surface area contributed by atoms with Gasteiger partial charge in [-0.3, -0.25) is 4.79 Å². The van der Waals surface area contributed by atoms with Crippen LogP contribution in [0.15, 0.2) is 12.1 Å². The Hall–Kier alpha value is -1.80. The molecule has 3 nitrogen and oxygen atoms in total. The van der Waals surface area contributed by atoms with Gasteiger partial charge in [-0.05, 0) is 44.9 Å². The quantitative estimate of drug-likeness (QED) is 0.788. The molecule has 0 radical (unpaired) electrons. The Labute approximate surface area is 128 Å². The summed E-state index contributed by atoms with van der Waals surface area (Å²) < 4.78 is 26.7. The number of nitriles is 1. The smallest absolute Gasteiger partial charge is 0.167 e. The van der Waals surface area contributed by atoms with Crippen molar-refractivity contribution in [1.29, 1.82) is 5.26 Å². The number of ketones is 1. The lowest BCUT2D eigenvalue weighted by Gasteiger charge is -2.46. The zero-order valence-electron chi connectivity index (χ0n) is 12.5. The highest BCUT2D eigenvalue weighted by atomic mass is 19.2. The molecule has 0 aliphatic carbocycles. The zero-order valence-corrected chi connectivity index (χ0v) is 12.5. The Morgan fingerprint density at radius 3 is 2.41 bits per heavy atom. The normalized spacial score (nSPS) is 28.2. The van der Waals surface area contributed by atoms with E-state index >= 15 is 0 Å². The fourth-order valence-electron chi connectivity index (χ4n) is 3.89. The number of rotatable bonds is 2. The SMILES string of the molecule is CN1C2CCCC1CC(C(=O)c1cc(F)c(F)cc1C#N)C2. The summed E-state index contributed by atoms with van der Waals surface area (Å²) in [7, 11) is 2.09. The van der Waals surface area contributed by atoms with Crippen molar-refractivity contribution in [1.82, 2.24) is 4.90 Å². The molecule has 1 aromatic rings. The Morgan fingerprint density at radius 1 is 1.23 bits per heavy atom. The molecule has 2 saturated heterocycles. The van der Waals surface area contributed by atoms with Crippen molar-refractivity contribution < 1.29 is 13.6 Å². The number of nitrogens with zero attached hydrogens (tertiary/aromatic N) is 2. The Balaban J connectivity index is 1.89. The second kappa shape index (κ2) is 5.77. The van der Waals surface area contributed by atoms with Gasteiger partial charge in [0.1, 0.15) is 0 Å². The van der Waals surface area contributed by atoms with Gasteiger partial charge in [-0.15, -0.1) is 0 Å². The Bertz CT molecular complexity index is 639. The largest absolute Gasteiger partial charge is 0.300 e. The molecule has 2 atom stereocenters. The van der Waals surface area contributed by atoms with E-state index in [1.807, 2.05) is 0 Å². The second-order valence-corrected chi connectivity index (χ2v) is 6.36. The third-order valence-electron chi connectivity index (χ3n) is 5.16. The van der Waals surface area contributed by atoms with Gasteiger partial charge in [0.05, 0.1) is 11.6 Å². The van der Waals surface area contributed by atoms with Gasteiger partial charge in [0.2, 0.25) is 0 Å². The number of piperidine rings is 2. The van der Waals surface area contributed by atoms with Crippen molar-refractivity contribution in [3.05, 3.63) is 34.9 Å². The summed E-state index contributed by atoms with van der Waals surface area (Å²) in [4.78, 5) is 15.1. The lowest BCUT2D eigenvalue weighted by atomic mass is 9.75. The van der Waals surface area contributed by atoms with Crippen LogP contribution >= 0.6 is 0 Å². The van der Waals surface area contributed by atoms with E-state index in [1.54, 1.807) is 6.07 Å². The maximum Gasteiger partial charge on any atom is 0.167 e. The third-order valence-corrected chi connectivity index (χ3v) is 5.16. The van der Waals surface area contributed by atoms with Gasteiger partial charge in [0.25, 0.3) is 0 Å². The Morgan fingerprint density at radius 2 is 1.82 bits per heavy atom. The molecule has 1 aromatic carbocycles. The molecule has 0 amide bonds. The molecule has 2 aliphatic rings. The van der Waals surface area contributed by atoms with Gasteiger partial charge in [-0.2, -0.15) is 5.26 Å². The lowest BCUT2D eigenvalue weighted by Crippen LogP contribution is -2.51. The molecule has 0 saturated carbocycles. The molecule has 2 bridgehead atoms. The summed E-state index contributed by atoms with van der Waals surface area (Å²) in [5.74, 6) is -2.59. The number of Topliss-reactive ketones (excluding diaryl/α,β-unsaturated/α-hetero) is 1. The first-order valence-corrected chi connectivity index (χ1v) is 7.66. The summed E-state index contributed by atoms with van der Waals surface area (Å²) in [5.41, 5.74) is -0.0537. The fraction of sp³-hybridized carbons (Fsp3) is 0.529. The van der Waals surface area contributed by atoms with Crippen LogP contribution in [0.5, 0.6) is 0 Å². The van der Waals surface area contributed by atoms with Gasteiger partial charge in [0, 0.05) is 23.6 Å². The summed E-state index contributed by atoms with van der Waals surface area (Å²) in [6, 6.07) is 4.25. The van der Waals surface area contributed by atoms with E-state index in [4.69, 9.17) is 5.26 Å². The van der Waals surface area contributed by atoms with E-state index in [1.165, 1.54) is 6.42 Å². The van der Waals surface area contributed by atoms with E-state index in [2.05, 4.69) is 11.9 Å². The van der Waals surface area contributed by atoms with Crippen molar-refractivity contribution in [2.24, 2.45) is 5.92 Å². The molecular weight excluding hydrogens is 286 g/mol. The summed E-state index contributed by atoms with van der Waals surface area (Å²) in [6.07, 6.45) is 4.78. The van der Waals surface area contributed by atoms with Crippen molar-refractivity contribution >= 4 is 5.78 Å². The molecule has 0 N–H and O–H groups in total. The first-order chi connectivity index (χ1) is 10.5. The van der Waals surface area contributed by atoms with Crippen LogP contribution in [0.25, 0.3) is 0 Å². The van der Waals surface area contributed by atoms with Crippen molar-refractivity contribution in [3.8, 4) is 6.07 Å². The van der Waals surface area contributed by atoms with Crippen LogP contribution in [-0.2, 0) is 0 Å². The van der Waals surface area contributed by atoms with Crippen LogP contribution in [-0.4, -0.2) is 29.8 Å². The van der Waals surface area contributed by atoms with Gasteiger partial charge >= 0.3 is 0 Å². The number of benzene rings is 1. The van der Waals surface area contributed by atoms with Gasteiger partial charge < -0.3 is 4.90 Å². The minimum Gasteiger partial charge on any atom is -0.300 e. The van der Waals surface area contributed by atoms with E-state index < -0.39 is 11.6 Å². The molecule has 0 aromatic heterocycles. The minimum absolute atomic E-state index is 0.0222. The van der Waals surface area contributed by atoms with E-state index in [0.717, 1.165) is 37.8 Å². The Kier molecular flexibility index (Phi) is 3.96. The average molecular weight is 304 g/mol. The number of carbonyl (C=O) groups is 1. The first kappa shape index (κ1) is 15.1. The molecule has 0 spiro atoms. The van der Waals surface area contributed by atoms with Crippen LogP contribution in [0.1, 0.15) is 48.0 Å². The molecule has 2 aliphatic heterocycles. The second-order valence-electron chi connectivity index (χ2n) is 6.36. The number of hydrogen-bond donors (Lipinski definition) is 0. The van der Waals surface area contributed by atoms with E-state index in [-0.39, 0.29) is 22.8 Å². The van der Waals surface area contributed by atoms with Crippen LogP contribution in [0.4, 0.5) is 8.78 Å². The molecular formula is C17H18F2N2O. The van der Waals surface area contributed by atoms with Gasteiger partial charge in [-0.25, -0.2) is 8.78 Å². The maximum atomic E-state index is 13.5. The van der Waals surface area contributed by atoms with Gasteiger partial charge in [-0.1, -0.05) is 6.42 Å². The first-order valence-electron chi connectivity index (χ1n) is 7.66. The van der Waals surface area contributed by atoms with E-state index in [9.17, 15) is 13.6 Å². The number of hydrogen-bond acceptors (Lipinski definition) is 3. The highest BCUT2D eigenvalue weighted by Crippen LogP contribution is 2.37. The fourth-order valence-corrected chi connectivity index (χ4v) is 3.89. The van der Waals surface area contributed by atoms with E-state index in [0.29, 0.717) is 12.1 Å². The maximum absolute atomic E-state index is 13.5. The topological polar surface area (TPSA) is 44.1 Å². The van der Waals surface area contributed by atoms with Gasteiger partial charge in [0.15, 0.2) is 17.4 Å². The summed E-state index contributed by atoms with van der Waals surface area (Å²) in [6.45, 7) is 0. The van der Waals surface area contributed by atoms with Crippen molar-refractivity contribution in [2.75, 3.05) is 7.05 Å². The average Bonchev–Trinajstić information content (AvgIpc) is 2.48. The molecule has 116 valence electrons. The third kappa shape index (κ3) is 2.52. The predicted octanol–water partition coefficient (Wildman–Crippen LogP) is 3.28. The summed E-state index contributed by atoms with van der Waals surface area (Å²) in [5, 5.41) is 9.08.